The van der Waals surface area contributed by atoms with E-state index in [0.717, 1.165) is 22.2 Å². The van der Waals surface area contributed by atoms with Crippen LogP contribution in [0.5, 0.6) is 11.5 Å². The Morgan fingerprint density at radius 1 is 0.654 bits per heavy atom. The molecule has 3 heteroatoms. The van der Waals surface area contributed by atoms with Crippen LogP contribution >= 0.6 is 0 Å². The number of aromatic nitrogens is 1. The second-order valence-electron chi connectivity index (χ2n) is 6.01. The largest absolute Gasteiger partial charge is 0.493 e. The van der Waals surface area contributed by atoms with E-state index < -0.39 is 0 Å². The molecule has 0 atom stereocenters. The maximum atomic E-state index is 5.45. The number of hydrogen-bond acceptors (Lipinski definition) is 3. The average Bonchev–Trinajstić information content (AvgIpc) is 2.73. The number of ether oxygens (including phenoxy) is 2. The first-order chi connectivity index (χ1) is 12.8. The minimum atomic E-state index is 0.696. The monoisotopic (exact) mass is 341 g/mol. The number of benzene rings is 3. The summed E-state index contributed by atoms with van der Waals surface area (Å²) in [6, 6.07) is 26.6. The highest BCUT2D eigenvalue weighted by Gasteiger charge is 2.11. The first-order valence-electron chi connectivity index (χ1n) is 8.48. The van der Waals surface area contributed by atoms with Gasteiger partial charge in [-0.3, -0.25) is 0 Å². The van der Waals surface area contributed by atoms with Crippen LogP contribution in [0.15, 0.2) is 78.9 Å². The van der Waals surface area contributed by atoms with Crippen molar-refractivity contribution in [3.63, 3.8) is 0 Å². The van der Waals surface area contributed by atoms with Gasteiger partial charge in [-0.15, -0.1) is 0 Å². The number of fused-ring (bicyclic) bond motifs is 1. The molecule has 4 aromatic rings. The van der Waals surface area contributed by atoms with Gasteiger partial charge >= 0.3 is 0 Å². The third-order valence-electron chi connectivity index (χ3n) is 4.48. The Morgan fingerprint density at radius 2 is 1.38 bits per heavy atom. The molecule has 0 aliphatic heterocycles. The first-order valence-corrected chi connectivity index (χ1v) is 8.48. The number of hydrogen-bond donors (Lipinski definition) is 0. The Labute approximate surface area is 152 Å². The zero-order valence-electron chi connectivity index (χ0n) is 14.8. The van der Waals surface area contributed by atoms with E-state index in [1.165, 1.54) is 11.1 Å². The highest BCUT2D eigenvalue weighted by molar-refractivity contribution is 5.96. The van der Waals surface area contributed by atoms with Gasteiger partial charge in [0, 0.05) is 10.9 Å². The fraction of sp³-hybridized carbons (Fsp3) is 0.0870. The molecule has 4 rings (SSSR count). The van der Waals surface area contributed by atoms with Crippen molar-refractivity contribution in [2.24, 2.45) is 0 Å². The third kappa shape index (κ3) is 2.88. The fourth-order valence-corrected chi connectivity index (χ4v) is 3.18. The molecule has 0 aliphatic rings. The molecule has 0 saturated heterocycles. The predicted octanol–water partition coefficient (Wildman–Crippen LogP) is 5.59. The Kier molecular flexibility index (Phi) is 4.28. The van der Waals surface area contributed by atoms with E-state index in [0.29, 0.717) is 11.5 Å². The van der Waals surface area contributed by atoms with Crippen molar-refractivity contribution < 1.29 is 9.47 Å². The summed E-state index contributed by atoms with van der Waals surface area (Å²) in [4.78, 5) is 4.87. The van der Waals surface area contributed by atoms with Crippen LogP contribution in [0, 0.1) is 0 Å². The summed E-state index contributed by atoms with van der Waals surface area (Å²) in [5.74, 6) is 1.40. The van der Waals surface area contributed by atoms with Crippen molar-refractivity contribution in [2.75, 3.05) is 14.2 Å². The van der Waals surface area contributed by atoms with Gasteiger partial charge in [-0.2, -0.15) is 0 Å². The van der Waals surface area contributed by atoms with E-state index in [9.17, 15) is 0 Å². The smallest absolute Gasteiger partial charge is 0.161 e. The number of methoxy groups -OCH3 is 2. The van der Waals surface area contributed by atoms with Crippen molar-refractivity contribution in [3.05, 3.63) is 78.9 Å². The molecule has 0 unspecified atom stereocenters. The quantitative estimate of drug-likeness (QED) is 0.485. The lowest BCUT2D eigenvalue weighted by molar-refractivity contribution is 0.355. The molecular formula is C23H19NO2. The van der Waals surface area contributed by atoms with Gasteiger partial charge in [0.05, 0.1) is 25.4 Å². The molecular weight excluding hydrogens is 322 g/mol. The van der Waals surface area contributed by atoms with Crippen LogP contribution < -0.4 is 9.47 Å². The van der Waals surface area contributed by atoms with Gasteiger partial charge in [0.25, 0.3) is 0 Å². The van der Waals surface area contributed by atoms with Crippen LogP contribution in [0.4, 0.5) is 0 Å². The molecule has 1 aromatic heterocycles. The summed E-state index contributed by atoms with van der Waals surface area (Å²) >= 11 is 0. The molecule has 128 valence electrons. The fourth-order valence-electron chi connectivity index (χ4n) is 3.18. The van der Waals surface area contributed by atoms with Crippen LogP contribution in [0.2, 0.25) is 0 Å². The maximum absolute atomic E-state index is 5.45. The van der Waals surface area contributed by atoms with Gasteiger partial charge in [0.2, 0.25) is 0 Å². The average molecular weight is 341 g/mol. The summed E-state index contributed by atoms with van der Waals surface area (Å²) in [7, 11) is 3.28. The molecule has 26 heavy (non-hydrogen) atoms. The first kappa shape index (κ1) is 16.2. The number of rotatable bonds is 4. The number of nitrogens with zero attached hydrogens (tertiary/aromatic N) is 1. The molecule has 0 spiro atoms. The van der Waals surface area contributed by atoms with Crippen molar-refractivity contribution in [3.8, 4) is 33.9 Å². The minimum Gasteiger partial charge on any atom is -0.493 e. The molecule has 3 aromatic carbocycles. The van der Waals surface area contributed by atoms with E-state index in [2.05, 4.69) is 36.4 Å². The highest BCUT2D eigenvalue weighted by atomic mass is 16.5. The zero-order chi connectivity index (χ0) is 17.9. The summed E-state index contributed by atoms with van der Waals surface area (Å²) in [6.07, 6.45) is 0. The van der Waals surface area contributed by atoms with Crippen molar-refractivity contribution >= 4 is 10.9 Å². The van der Waals surface area contributed by atoms with Crippen molar-refractivity contribution in [1.82, 2.24) is 4.98 Å². The standard InChI is InChI=1S/C23H19NO2/c1-25-22-13-12-17(14-23(22)26-2)21-15-19(16-8-4-3-5-9-16)18-10-6-7-11-20(18)24-21/h3-15H,1-2H3. The van der Waals surface area contributed by atoms with Crippen LogP contribution in [0.1, 0.15) is 0 Å². The Morgan fingerprint density at radius 3 is 2.15 bits per heavy atom. The van der Waals surface area contributed by atoms with Crippen LogP contribution in [0.25, 0.3) is 33.3 Å². The van der Waals surface area contributed by atoms with Gasteiger partial charge < -0.3 is 9.47 Å². The summed E-state index contributed by atoms with van der Waals surface area (Å²) in [5.41, 5.74) is 5.21. The van der Waals surface area contributed by atoms with E-state index in [1.54, 1.807) is 14.2 Å². The molecule has 0 radical (unpaired) electrons. The van der Waals surface area contributed by atoms with Crippen LogP contribution in [0.3, 0.4) is 0 Å². The number of para-hydroxylation sites is 1. The molecule has 0 saturated carbocycles. The van der Waals surface area contributed by atoms with Gasteiger partial charge in [-0.05, 0) is 41.5 Å². The summed E-state index contributed by atoms with van der Waals surface area (Å²) < 4.78 is 10.8. The van der Waals surface area contributed by atoms with Crippen molar-refractivity contribution in [1.29, 1.82) is 0 Å². The van der Waals surface area contributed by atoms with Gasteiger partial charge in [0.1, 0.15) is 0 Å². The third-order valence-corrected chi connectivity index (χ3v) is 4.48. The lowest BCUT2D eigenvalue weighted by Gasteiger charge is -2.12. The van der Waals surface area contributed by atoms with Crippen LogP contribution in [-0.2, 0) is 0 Å². The molecule has 0 N–H and O–H groups in total. The van der Waals surface area contributed by atoms with E-state index in [-0.39, 0.29) is 0 Å². The van der Waals surface area contributed by atoms with Gasteiger partial charge in [0.15, 0.2) is 11.5 Å². The second kappa shape index (κ2) is 6.89. The summed E-state index contributed by atoms with van der Waals surface area (Å²) in [6.45, 7) is 0. The van der Waals surface area contributed by atoms with E-state index >= 15 is 0 Å². The minimum absolute atomic E-state index is 0.696. The molecule has 0 fully saturated rings. The molecule has 0 amide bonds. The lowest BCUT2D eigenvalue weighted by Crippen LogP contribution is -1.93. The Hall–Kier alpha value is -3.33. The van der Waals surface area contributed by atoms with Gasteiger partial charge in [-0.25, -0.2) is 4.98 Å². The normalized spacial score (nSPS) is 10.7. The zero-order valence-corrected chi connectivity index (χ0v) is 14.8. The van der Waals surface area contributed by atoms with E-state index in [1.807, 2.05) is 42.5 Å². The molecule has 3 nitrogen and oxygen atoms in total. The highest BCUT2D eigenvalue weighted by Crippen LogP contribution is 2.35. The maximum Gasteiger partial charge on any atom is 0.161 e. The van der Waals surface area contributed by atoms with E-state index in [4.69, 9.17) is 14.5 Å². The van der Waals surface area contributed by atoms with Gasteiger partial charge in [-0.1, -0.05) is 48.5 Å². The lowest BCUT2D eigenvalue weighted by atomic mass is 9.98. The predicted molar refractivity (Wildman–Crippen MR) is 106 cm³/mol. The summed E-state index contributed by atoms with van der Waals surface area (Å²) in [5, 5.41) is 1.14. The Bertz CT molecular complexity index is 1060. The molecule has 0 aliphatic carbocycles. The van der Waals surface area contributed by atoms with Crippen molar-refractivity contribution in [2.45, 2.75) is 0 Å². The van der Waals surface area contributed by atoms with Crippen LogP contribution in [-0.4, -0.2) is 19.2 Å². The topological polar surface area (TPSA) is 31.4 Å². The SMILES string of the molecule is COc1ccc(-c2cc(-c3ccccc3)c3ccccc3n2)cc1OC. The molecule has 0 bridgehead atoms. The number of pyridine rings is 1. The second-order valence-corrected chi connectivity index (χ2v) is 6.01. The Balaban J connectivity index is 1.94. The molecule has 1 heterocycles.